The molecule has 1 aromatic heterocycles. The summed E-state index contributed by atoms with van der Waals surface area (Å²) in [5.41, 5.74) is 3.63. The highest BCUT2D eigenvalue weighted by molar-refractivity contribution is 7.88. The third-order valence-corrected chi connectivity index (χ3v) is 4.32. The molecule has 0 saturated carbocycles. The Morgan fingerprint density at radius 1 is 1.23 bits per heavy atom. The Bertz CT molecular complexity index is 794. The molecule has 120 valence electrons. The highest BCUT2D eigenvalue weighted by atomic mass is 32.2. The van der Waals surface area contributed by atoms with E-state index >= 15 is 0 Å². The summed E-state index contributed by atoms with van der Waals surface area (Å²) in [6.07, 6.45) is 1.65. The number of benzene rings is 1. The summed E-state index contributed by atoms with van der Waals surface area (Å²) in [6.45, 7) is 4.72. The van der Waals surface area contributed by atoms with Crippen LogP contribution in [0.5, 0.6) is 0 Å². The molecule has 0 unspecified atom stereocenters. The number of amides is 1. The first-order valence-electron chi connectivity index (χ1n) is 7.10. The third-order valence-electron chi connectivity index (χ3n) is 3.59. The SMILES string of the molecule is Cc1[nH]c2c(C(=O)NCCCNS(C)(=O)=O)cccc2c1C. The molecule has 22 heavy (non-hydrogen) atoms. The summed E-state index contributed by atoms with van der Waals surface area (Å²) in [4.78, 5) is 15.5. The molecular weight excluding hydrogens is 302 g/mol. The third kappa shape index (κ3) is 3.86. The molecule has 0 radical (unpaired) electrons. The number of hydrogen-bond donors (Lipinski definition) is 3. The quantitative estimate of drug-likeness (QED) is 0.703. The van der Waals surface area contributed by atoms with E-state index in [4.69, 9.17) is 0 Å². The maximum Gasteiger partial charge on any atom is 0.253 e. The molecule has 1 heterocycles. The van der Waals surface area contributed by atoms with Crippen LogP contribution in [-0.4, -0.2) is 38.7 Å². The first kappa shape index (κ1) is 16.5. The fourth-order valence-electron chi connectivity index (χ4n) is 2.32. The molecule has 1 aromatic carbocycles. The normalized spacial score (nSPS) is 11.8. The summed E-state index contributed by atoms with van der Waals surface area (Å²) in [5.74, 6) is -0.161. The second-order valence-corrected chi connectivity index (χ2v) is 7.21. The number of nitrogens with one attached hydrogen (secondary N) is 3. The van der Waals surface area contributed by atoms with Crippen molar-refractivity contribution in [2.45, 2.75) is 20.3 Å². The van der Waals surface area contributed by atoms with Crippen molar-refractivity contribution in [2.75, 3.05) is 19.3 Å². The van der Waals surface area contributed by atoms with Crippen LogP contribution in [0, 0.1) is 13.8 Å². The van der Waals surface area contributed by atoms with Crippen molar-refractivity contribution in [3.63, 3.8) is 0 Å². The molecule has 7 heteroatoms. The number of carbonyl (C=O) groups excluding carboxylic acids is 1. The van der Waals surface area contributed by atoms with Crippen LogP contribution in [0.1, 0.15) is 28.0 Å². The second-order valence-electron chi connectivity index (χ2n) is 5.38. The molecule has 0 aliphatic heterocycles. The van der Waals surface area contributed by atoms with Crippen molar-refractivity contribution in [1.29, 1.82) is 0 Å². The van der Waals surface area contributed by atoms with Gasteiger partial charge >= 0.3 is 0 Å². The van der Waals surface area contributed by atoms with Crippen molar-refractivity contribution >= 4 is 26.8 Å². The zero-order valence-corrected chi connectivity index (χ0v) is 13.8. The molecule has 6 nitrogen and oxygen atoms in total. The predicted molar refractivity (Wildman–Crippen MR) is 87.6 cm³/mol. The Kier molecular flexibility index (Phi) is 4.87. The number of aromatic nitrogens is 1. The second kappa shape index (κ2) is 6.50. The first-order chi connectivity index (χ1) is 10.3. The van der Waals surface area contributed by atoms with Crippen LogP contribution in [0.4, 0.5) is 0 Å². The lowest BCUT2D eigenvalue weighted by Crippen LogP contribution is -2.29. The van der Waals surface area contributed by atoms with Gasteiger partial charge in [-0.15, -0.1) is 0 Å². The van der Waals surface area contributed by atoms with Gasteiger partial charge in [-0.1, -0.05) is 12.1 Å². The van der Waals surface area contributed by atoms with E-state index in [1.54, 1.807) is 6.07 Å². The van der Waals surface area contributed by atoms with Gasteiger partial charge in [0.25, 0.3) is 5.91 Å². The van der Waals surface area contributed by atoms with Crippen LogP contribution in [0.3, 0.4) is 0 Å². The predicted octanol–water partition coefficient (Wildman–Crippen LogP) is 1.45. The molecule has 0 aliphatic carbocycles. The molecule has 0 saturated heterocycles. The molecule has 0 aliphatic rings. The average Bonchev–Trinajstić information content (AvgIpc) is 2.72. The van der Waals surface area contributed by atoms with Gasteiger partial charge in [0.1, 0.15) is 0 Å². The number of aromatic amines is 1. The van der Waals surface area contributed by atoms with Crippen LogP contribution in [0.25, 0.3) is 10.9 Å². The fourth-order valence-corrected chi connectivity index (χ4v) is 2.83. The van der Waals surface area contributed by atoms with Crippen LogP contribution >= 0.6 is 0 Å². The minimum atomic E-state index is -3.18. The monoisotopic (exact) mass is 323 g/mol. The summed E-state index contributed by atoms with van der Waals surface area (Å²) in [5, 5.41) is 3.86. The van der Waals surface area contributed by atoms with Gasteiger partial charge in [-0.25, -0.2) is 13.1 Å². The van der Waals surface area contributed by atoms with E-state index in [1.165, 1.54) is 0 Å². The van der Waals surface area contributed by atoms with Gasteiger partial charge in [0, 0.05) is 24.2 Å². The van der Waals surface area contributed by atoms with Crippen LogP contribution in [0.15, 0.2) is 18.2 Å². The van der Waals surface area contributed by atoms with Crippen molar-refractivity contribution in [3.05, 3.63) is 35.0 Å². The number of rotatable bonds is 6. The van der Waals surface area contributed by atoms with Gasteiger partial charge in [-0.2, -0.15) is 0 Å². The van der Waals surface area contributed by atoms with E-state index in [1.807, 2.05) is 26.0 Å². The summed E-state index contributed by atoms with van der Waals surface area (Å²) >= 11 is 0. The highest BCUT2D eigenvalue weighted by Gasteiger charge is 2.13. The van der Waals surface area contributed by atoms with Gasteiger partial charge in [-0.3, -0.25) is 4.79 Å². The number of hydrogen-bond acceptors (Lipinski definition) is 3. The minimum Gasteiger partial charge on any atom is -0.358 e. The van der Waals surface area contributed by atoms with E-state index in [9.17, 15) is 13.2 Å². The molecule has 0 spiro atoms. The Labute approximate surface area is 130 Å². The zero-order chi connectivity index (χ0) is 16.3. The van der Waals surface area contributed by atoms with Crippen molar-refractivity contribution in [1.82, 2.24) is 15.0 Å². The van der Waals surface area contributed by atoms with Crippen LogP contribution in [0.2, 0.25) is 0 Å². The van der Waals surface area contributed by atoms with E-state index < -0.39 is 10.0 Å². The highest BCUT2D eigenvalue weighted by Crippen LogP contribution is 2.24. The Hall–Kier alpha value is -1.86. The van der Waals surface area contributed by atoms with Gasteiger partial charge in [0.15, 0.2) is 0 Å². The molecule has 0 fully saturated rings. The van der Waals surface area contributed by atoms with E-state index in [0.29, 0.717) is 25.1 Å². The van der Waals surface area contributed by atoms with Crippen LogP contribution < -0.4 is 10.0 Å². The van der Waals surface area contributed by atoms with Gasteiger partial charge in [0.05, 0.1) is 17.3 Å². The Morgan fingerprint density at radius 2 is 1.95 bits per heavy atom. The largest absolute Gasteiger partial charge is 0.358 e. The van der Waals surface area contributed by atoms with Gasteiger partial charge < -0.3 is 10.3 Å². The number of H-pyrrole nitrogens is 1. The van der Waals surface area contributed by atoms with Crippen molar-refractivity contribution < 1.29 is 13.2 Å². The topological polar surface area (TPSA) is 91.1 Å². The Morgan fingerprint density at radius 3 is 2.64 bits per heavy atom. The average molecular weight is 323 g/mol. The lowest BCUT2D eigenvalue weighted by molar-refractivity contribution is 0.0955. The summed E-state index contributed by atoms with van der Waals surface area (Å²) in [6, 6.07) is 5.63. The zero-order valence-electron chi connectivity index (χ0n) is 13.0. The molecule has 1 amide bonds. The molecule has 2 aromatic rings. The lowest BCUT2D eigenvalue weighted by Gasteiger charge is -2.07. The maximum atomic E-state index is 12.3. The molecular formula is C15H21N3O3S. The lowest BCUT2D eigenvalue weighted by atomic mass is 10.1. The number of carbonyl (C=O) groups is 1. The van der Waals surface area contributed by atoms with Crippen molar-refractivity contribution in [2.24, 2.45) is 0 Å². The maximum absolute atomic E-state index is 12.3. The fraction of sp³-hybridized carbons (Fsp3) is 0.400. The van der Waals surface area contributed by atoms with Crippen molar-refractivity contribution in [3.8, 4) is 0 Å². The molecule has 0 atom stereocenters. The van der Waals surface area contributed by atoms with E-state index in [-0.39, 0.29) is 5.91 Å². The Balaban J connectivity index is 2.00. The van der Waals surface area contributed by atoms with Gasteiger partial charge in [0.2, 0.25) is 10.0 Å². The molecule has 0 bridgehead atoms. The standard InChI is InChI=1S/C15H21N3O3S/c1-10-11(2)18-14-12(10)6-4-7-13(14)15(19)16-8-5-9-17-22(3,20)21/h4,6-7,17-18H,5,8-9H2,1-3H3,(H,16,19). The van der Waals surface area contributed by atoms with E-state index in [0.717, 1.165) is 28.4 Å². The van der Waals surface area contributed by atoms with E-state index in [2.05, 4.69) is 15.0 Å². The minimum absolute atomic E-state index is 0.161. The number of para-hydroxylation sites is 1. The number of aryl methyl sites for hydroxylation is 2. The summed E-state index contributed by atoms with van der Waals surface area (Å²) < 4.78 is 24.2. The number of sulfonamides is 1. The molecule has 2 rings (SSSR count). The summed E-state index contributed by atoms with van der Waals surface area (Å²) in [7, 11) is -3.18. The number of fused-ring (bicyclic) bond motifs is 1. The molecule has 3 N–H and O–H groups in total. The smallest absolute Gasteiger partial charge is 0.253 e. The first-order valence-corrected chi connectivity index (χ1v) is 8.99. The van der Waals surface area contributed by atoms with Crippen LogP contribution in [-0.2, 0) is 10.0 Å². The van der Waals surface area contributed by atoms with Gasteiger partial charge in [-0.05, 0) is 31.9 Å².